The van der Waals surface area contributed by atoms with Crippen LogP contribution in [-0.4, -0.2) is 25.2 Å². The molecule has 0 N–H and O–H groups in total. The van der Waals surface area contributed by atoms with Gasteiger partial charge in [-0.15, -0.1) is 0 Å². The van der Waals surface area contributed by atoms with E-state index < -0.39 is 6.29 Å². The van der Waals surface area contributed by atoms with Crippen LogP contribution in [0, 0.1) is 0 Å². The molecule has 0 rings (SSSR count). The van der Waals surface area contributed by atoms with Crippen molar-refractivity contribution in [1.82, 2.24) is 0 Å². The maximum absolute atomic E-state index is 11.3. The summed E-state index contributed by atoms with van der Waals surface area (Å²) in [6.07, 6.45) is 3.52. The highest BCUT2D eigenvalue weighted by Crippen LogP contribution is 2.05. The van der Waals surface area contributed by atoms with Gasteiger partial charge in [0, 0.05) is 13.0 Å². The Bertz CT molecular complexity index is 194. The molecule has 2 unspecified atom stereocenters. The summed E-state index contributed by atoms with van der Waals surface area (Å²) in [7, 11) is 0. The third-order valence-corrected chi connectivity index (χ3v) is 2.27. The molecule has 0 bridgehead atoms. The number of ether oxygens (including phenoxy) is 3. The Hall–Kier alpha value is -0.610. The first-order chi connectivity index (χ1) is 8.10. The lowest BCUT2D eigenvalue weighted by atomic mass is 10.2. The van der Waals surface area contributed by atoms with Crippen molar-refractivity contribution in [3.63, 3.8) is 0 Å². The summed E-state index contributed by atoms with van der Waals surface area (Å²) in [5.41, 5.74) is 0. The minimum atomic E-state index is -0.545. The van der Waals surface area contributed by atoms with Crippen LogP contribution in [-0.2, 0) is 19.0 Å². The fourth-order valence-corrected chi connectivity index (χ4v) is 1.30. The first-order valence-corrected chi connectivity index (χ1v) is 6.56. The Kier molecular flexibility index (Phi) is 10.2. The molecular formula is C13H26O4. The quantitative estimate of drug-likeness (QED) is 0.337. The lowest BCUT2D eigenvalue weighted by Gasteiger charge is -2.19. The van der Waals surface area contributed by atoms with Crippen molar-refractivity contribution >= 4 is 5.97 Å². The fourth-order valence-electron chi connectivity index (χ4n) is 1.30. The molecule has 0 aliphatic rings. The normalized spacial score (nSPS) is 14.4. The molecule has 0 aliphatic carbocycles. The van der Waals surface area contributed by atoms with Crippen LogP contribution in [0.1, 0.15) is 59.8 Å². The van der Waals surface area contributed by atoms with Crippen LogP contribution in [0.4, 0.5) is 0 Å². The van der Waals surface area contributed by atoms with Gasteiger partial charge < -0.3 is 14.2 Å². The minimum Gasteiger partial charge on any atom is -0.436 e. The predicted molar refractivity (Wildman–Crippen MR) is 66.5 cm³/mol. The molecule has 0 amide bonds. The van der Waals surface area contributed by atoms with Crippen molar-refractivity contribution in [3.8, 4) is 0 Å². The Labute approximate surface area is 105 Å². The monoisotopic (exact) mass is 246 g/mol. The highest BCUT2D eigenvalue weighted by molar-refractivity contribution is 5.69. The second-order valence-electron chi connectivity index (χ2n) is 4.09. The summed E-state index contributed by atoms with van der Waals surface area (Å²) < 4.78 is 15.9. The van der Waals surface area contributed by atoms with Gasteiger partial charge in [0.25, 0.3) is 0 Å². The second-order valence-corrected chi connectivity index (χ2v) is 4.09. The van der Waals surface area contributed by atoms with Gasteiger partial charge in [-0.1, -0.05) is 26.7 Å². The third-order valence-electron chi connectivity index (χ3n) is 2.27. The number of rotatable bonds is 10. The zero-order valence-corrected chi connectivity index (χ0v) is 11.5. The molecule has 0 saturated carbocycles. The van der Waals surface area contributed by atoms with Crippen molar-refractivity contribution in [3.05, 3.63) is 0 Å². The molecule has 102 valence electrons. The van der Waals surface area contributed by atoms with Crippen LogP contribution in [0.25, 0.3) is 0 Å². The standard InChI is InChI=1S/C13H26O4/c1-5-7-9-13(14)17-12(4)16-11(3)15-10-8-6-2/h11-12H,5-10H2,1-4H3. The molecular weight excluding hydrogens is 220 g/mol. The molecule has 0 aromatic carbocycles. The average Bonchev–Trinajstić information content (AvgIpc) is 2.26. The van der Waals surface area contributed by atoms with Gasteiger partial charge in [-0.25, -0.2) is 0 Å². The molecule has 4 nitrogen and oxygen atoms in total. The van der Waals surface area contributed by atoms with Gasteiger partial charge in [-0.05, 0) is 26.7 Å². The summed E-state index contributed by atoms with van der Waals surface area (Å²) in [5.74, 6) is -0.208. The van der Waals surface area contributed by atoms with E-state index in [0.29, 0.717) is 13.0 Å². The van der Waals surface area contributed by atoms with E-state index in [9.17, 15) is 4.79 Å². The van der Waals surface area contributed by atoms with Crippen molar-refractivity contribution in [2.24, 2.45) is 0 Å². The molecule has 0 radical (unpaired) electrons. The van der Waals surface area contributed by atoms with Crippen LogP contribution in [0.5, 0.6) is 0 Å². The Morgan fingerprint density at radius 1 is 1.06 bits per heavy atom. The summed E-state index contributed by atoms with van der Waals surface area (Å²) in [6, 6.07) is 0. The van der Waals surface area contributed by atoms with E-state index in [1.54, 1.807) is 6.92 Å². The van der Waals surface area contributed by atoms with Crippen molar-refractivity contribution in [2.45, 2.75) is 72.4 Å². The summed E-state index contributed by atoms with van der Waals surface area (Å²) in [4.78, 5) is 11.3. The number of hydrogen-bond donors (Lipinski definition) is 0. The highest BCUT2D eigenvalue weighted by atomic mass is 16.8. The minimum absolute atomic E-state index is 0.208. The first-order valence-electron chi connectivity index (χ1n) is 6.56. The van der Waals surface area contributed by atoms with Gasteiger partial charge in [0.2, 0.25) is 6.29 Å². The van der Waals surface area contributed by atoms with E-state index in [-0.39, 0.29) is 12.3 Å². The SMILES string of the molecule is CCCCOC(C)OC(C)OC(=O)CCCC. The van der Waals surface area contributed by atoms with Gasteiger partial charge in [0.15, 0.2) is 6.29 Å². The van der Waals surface area contributed by atoms with Crippen LogP contribution in [0.15, 0.2) is 0 Å². The Morgan fingerprint density at radius 3 is 2.29 bits per heavy atom. The average molecular weight is 246 g/mol. The summed E-state index contributed by atoms with van der Waals surface area (Å²) in [6.45, 7) is 8.34. The molecule has 0 fully saturated rings. The number of carbonyl (C=O) groups excluding carboxylic acids is 1. The molecule has 4 heteroatoms. The van der Waals surface area contributed by atoms with Gasteiger partial charge in [-0.2, -0.15) is 0 Å². The molecule has 0 aromatic heterocycles. The molecule has 0 aliphatic heterocycles. The van der Waals surface area contributed by atoms with E-state index in [0.717, 1.165) is 25.7 Å². The molecule has 0 aromatic rings. The van der Waals surface area contributed by atoms with Crippen LogP contribution >= 0.6 is 0 Å². The number of hydrogen-bond acceptors (Lipinski definition) is 4. The van der Waals surface area contributed by atoms with Crippen LogP contribution in [0.2, 0.25) is 0 Å². The topological polar surface area (TPSA) is 44.8 Å². The number of esters is 1. The highest BCUT2D eigenvalue weighted by Gasteiger charge is 2.12. The molecule has 0 heterocycles. The Balaban J connectivity index is 3.61. The van der Waals surface area contributed by atoms with E-state index in [1.165, 1.54) is 0 Å². The van der Waals surface area contributed by atoms with Gasteiger partial charge >= 0.3 is 5.97 Å². The number of carbonyl (C=O) groups is 1. The molecule has 2 atom stereocenters. The second kappa shape index (κ2) is 10.5. The van der Waals surface area contributed by atoms with Crippen LogP contribution in [0.3, 0.4) is 0 Å². The Morgan fingerprint density at radius 2 is 1.71 bits per heavy atom. The predicted octanol–water partition coefficient (Wildman–Crippen LogP) is 3.25. The number of unbranched alkanes of at least 4 members (excludes halogenated alkanes) is 2. The van der Waals surface area contributed by atoms with Gasteiger partial charge in [0.05, 0.1) is 0 Å². The molecule has 0 saturated heterocycles. The maximum atomic E-state index is 11.3. The zero-order valence-electron chi connectivity index (χ0n) is 11.5. The zero-order chi connectivity index (χ0) is 13.1. The maximum Gasteiger partial charge on any atom is 0.308 e. The third kappa shape index (κ3) is 10.3. The van der Waals surface area contributed by atoms with E-state index in [4.69, 9.17) is 14.2 Å². The lowest BCUT2D eigenvalue weighted by Crippen LogP contribution is -2.25. The molecule has 17 heavy (non-hydrogen) atoms. The summed E-state index contributed by atoms with van der Waals surface area (Å²) >= 11 is 0. The smallest absolute Gasteiger partial charge is 0.308 e. The van der Waals surface area contributed by atoms with E-state index in [2.05, 4.69) is 6.92 Å². The van der Waals surface area contributed by atoms with Gasteiger partial charge in [0.1, 0.15) is 0 Å². The largest absolute Gasteiger partial charge is 0.436 e. The van der Waals surface area contributed by atoms with Crippen molar-refractivity contribution in [2.75, 3.05) is 6.61 Å². The van der Waals surface area contributed by atoms with Crippen LogP contribution < -0.4 is 0 Å². The first kappa shape index (κ1) is 16.4. The summed E-state index contributed by atoms with van der Waals surface area (Å²) in [5, 5.41) is 0. The van der Waals surface area contributed by atoms with Gasteiger partial charge in [-0.3, -0.25) is 4.79 Å². The fraction of sp³-hybridized carbons (Fsp3) is 0.923. The van der Waals surface area contributed by atoms with E-state index in [1.807, 2.05) is 13.8 Å². The van der Waals surface area contributed by atoms with Crippen molar-refractivity contribution in [1.29, 1.82) is 0 Å². The molecule has 0 spiro atoms. The van der Waals surface area contributed by atoms with E-state index >= 15 is 0 Å². The van der Waals surface area contributed by atoms with Crippen molar-refractivity contribution < 1.29 is 19.0 Å². The lowest BCUT2D eigenvalue weighted by molar-refractivity contribution is -0.229.